The minimum Gasteiger partial charge on any atom is -0.481 e. The lowest BCUT2D eigenvalue weighted by Gasteiger charge is -2.35. The number of carboxylic acids is 1. The molecule has 106 valence electrons. The van der Waals surface area contributed by atoms with Crippen molar-refractivity contribution in [1.29, 1.82) is 0 Å². The van der Waals surface area contributed by atoms with Gasteiger partial charge in [0.2, 0.25) is 0 Å². The molecule has 1 N–H and O–H groups in total. The van der Waals surface area contributed by atoms with Crippen LogP contribution in [0, 0.1) is 5.92 Å². The summed E-state index contributed by atoms with van der Waals surface area (Å²) in [6.45, 7) is 6.32. The summed E-state index contributed by atoms with van der Waals surface area (Å²) in [7, 11) is -3.54. The van der Waals surface area contributed by atoms with E-state index in [-0.39, 0.29) is 12.6 Å². The van der Waals surface area contributed by atoms with E-state index in [1.54, 1.807) is 6.92 Å². The van der Waals surface area contributed by atoms with E-state index in [1.165, 1.54) is 8.61 Å². The highest BCUT2D eigenvalue weighted by molar-refractivity contribution is 7.86. The smallest absolute Gasteiger partial charge is 0.307 e. The normalized spacial score (nSPS) is 22.6. The van der Waals surface area contributed by atoms with Crippen LogP contribution in [0.3, 0.4) is 0 Å². The Labute approximate surface area is 109 Å². The van der Waals surface area contributed by atoms with Crippen LogP contribution in [0.4, 0.5) is 0 Å². The van der Waals surface area contributed by atoms with Gasteiger partial charge >= 0.3 is 5.97 Å². The molecule has 1 aliphatic rings. The van der Waals surface area contributed by atoms with Gasteiger partial charge in [0, 0.05) is 25.7 Å². The predicted molar refractivity (Wildman–Crippen MR) is 68.4 cm³/mol. The number of rotatable bonds is 5. The lowest BCUT2D eigenvalue weighted by Crippen LogP contribution is -2.51. The van der Waals surface area contributed by atoms with Crippen molar-refractivity contribution in [2.45, 2.75) is 39.7 Å². The van der Waals surface area contributed by atoms with Gasteiger partial charge in [-0.25, -0.2) is 0 Å². The number of hydrogen-bond acceptors (Lipinski definition) is 3. The van der Waals surface area contributed by atoms with Crippen molar-refractivity contribution in [3.8, 4) is 0 Å². The highest BCUT2D eigenvalue weighted by Crippen LogP contribution is 2.22. The Morgan fingerprint density at radius 2 is 2.11 bits per heavy atom. The largest absolute Gasteiger partial charge is 0.481 e. The summed E-state index contributed by atoms with van der Waals surface area (Å²) in [6.07, 6.45) is 1.15. The molecule has 0 aromatic rings. The molecule has 0 saturated carbocycles. The van der Waals surface area contributed by atoms with Crippen LogP contribution in [0.15, 0.2) is 0 Å². The Balaban J connectivity index is 2.87. The van der Waals surface area contributed by atoms with Gasteiger partial charge in [-0.05, 0) is 26.7 Å². The first-order chi connectivity index (χ1) is 8.30. The summed E-state index contributed by atoms with van der Waals surface area (Å²) >= 11 is 0. The first-order valence-electron chi connectivity index (χ1n) is 6.30. The maximum absolute atomic E-state index is 12.4. The van der Waals surface area contributed by atoms with Crippen LogP contribution in [0.1, 0.15) is 33.6 Å². The van der Waals surface area contributed by atoms with E-state index in [4.69, 9.17) is 5.11 Å². The summed E-state index contributed by atoms with van der Waals surface area (Å²) in [6, 6.07) is -0.120. The highest BCUT2D eigenvalue weighted by Gasteiger charge is 2.36. The van der Waals surface area contributed by atoms with Crippen molar-refractivity contribution in [3.05, 3.63) is 0 Å². The van der Waals surface area contributed by atoms with Crippen molar-refractivity contribution in [2.75, 3.05) is 19.6 Å². The van der Waals surface area contributed by atoms with Gasteiger partial charge in [-0.15, -0.1) is 0 Å². The van der Waals surface area contributed by atoms with Gasteiger partial charge in [0.1, 0.15) is 0 Å². The third-order valence-electron chi connectivity index (χ3n) is 3.24. The van der Waals surface area contributed by atoms with Crippen molar-refractivity contribution < 1.29 is 18.3 Å². The standard InChI is InChI=1S/C11H22N2O4S/c1-4-13(9(2)3)18(16,17)12-7-5-6-10(8-12)11(14)15/h9-10H,4-8H2,1-3H3,(H,14,15). The maximum Gasteiger partial charge on any atom is 0.307 e. The molecule has 0 aliphatic carbocycles. The van der Waals surface area contributed by atoms with E-state index in [9.17, 15) is 13.2 Å². The summed E-state index contributed by atoms with van der Waals surface area (Å²) in [5, 5.41) is 8.99. The molecule has 0 spiro atoms. The van der Waals surface area contributed by atoms with Gasteiger partial charge < -0.3 is 5.11 Å². The molecule has 0 aromatic carbocycles. The molecule has 0 amide bonds. The molecular formula is C11H22N2O4S. The Hall–Kier alpha value is -0.660. The van der Waals surface area contributed by atoms with Crippen LogP contribution in [-0.2, 0) is 15.0 Å². The van der Waals surface area contributed by atoms with Gasteiger partial charge in [0.05, 0.1) is 5.92 Å². The van der Waals surface area contributed by atoms with E-state index in [0.29, 0.717) is 25.9 Å². The zero-order chi connectivity index (χ0) is 13.9. The molecule has 6 nitrogen and oxygen atoms in total. The first-order valence-corrected chi connectivity index (χ1v) is 7.70. The SMILES string of the molecule is CCN(C(C)C)S(=O)(=O)N1CCCC(C(=O)O)C1. The lowest BCUT2D eigenvalue weighted by molar-refractivity contribution is -0.142. The molecule has 0 bridgehead atoms. The molecule has 0 radical (unpaired) electrons. The molecule has 1 unspecified atom stereocenters. The Morgan fingerprint density at radius 1 is 1.50 bits per heavy atom. The molecule has 18 heavy (non-hydrogen) atoms. The second kappa shape index (κ2) is 5.99. The molecule has 1 atom stereocenters. The van der Waals surface area contributed by atoms with Crippen molar-refractivity contribution in [1.82, 2.24) is 8.61 Å². The highest BCUT2D eigenvalue weighted by atomic mass is 32.2. The van der Waals surface area contributed by atoms with Crippen LogP contribution in [0.2, 0.25) is 0 Å². The fourth-order valence-corrected chi connectivity index (χ4v) is 4.18. The molecule has 7 heteroatoms. The zero-order valence-electron chi connectivity index (χ0n) is 11.2. The van der Waals surface area contributed by atoms with E-state index in [2.05, 4.69) is 0 Å². The maximum atomic E-state index is 12.4. The van der Waals surface area contributed by atoms with E-state index >= 15 is 0 Å². The molecule has 1 rings (SSSR count). The third kappa shape index (κ3) is 3.21. The van der Waals surface area contributed by atoms with Crippen LogP contribution in [0.25, 0.3) is 0 Å². The second-order valence-corrected chi connectivity index (χ2v) is 6.72. The average molecular weight is 278 g/mol. The van der Waals surface area contributed by atoms with Crippen LogP contribution in [0.5, 0.6) is 0 Å². The van der Waals surface area contributed by atoms with Gasteiger partial charge in [-0.3, -0.25) is 4.79 Å². The van der Waals surface area contributed by atoms with E-state index < -0.39 is 22.1 Å². The number of carbonyl (C=O) groups is 1. The van der Waals surface area contributed by atoms with Gasteiger partial charge in [0.15, 0.2) is 0 Å². The number of carboxylic acid groups (broad SMARTS) is 1. The zero-order valence-corrected chi connectivity index (χ0v) is 12.0. The lowest BCUT2D eigenvalue weighted by atomic mass is 10.0. The molecule has 1 saturated heterocycles. The number of aliphatic carboxylic acids is 1. The number of hydrogen-bond donors (Lipinski definition) is 1. The fourth-order valence-electron chi connectivity index (χ4n) is 2.30. The van der Waals surface area contributed by atoms with Gasteiger partial charge in [-0.2, -0.15) is 17.0 Å². The van der Waals surface area contributed by atoms with Crippen molar-refractivity contribution in [2.24, 2.45) is 5.92 Å². The number of piperidine rings is 1. The molecular weight excluding hydrogens is 256 g/mol. The Morgan fingerprint density at radius 3 is 2.56 bits per heavy atom. The van der Waals surface area contributed by atoms with Crippen molar-refractivity contribution >= 4 is 16.2 Å². The topological polar surface area (TPSA) is 77.9 Å². The summed E-state index contributed by atoms with van der Waals surface area (Å²) in [4.78, 5) is 11.0. The second-order valence-electron chi connectivity index (χ2n) is 4.84. The minimum absolute atomic E-state index is 0.0842. The Kier molecular flexibility index (Phi) is 5.12. The van der Waals surface area contributed by atoms with Crippen molar-refractivity contribution in [3.63, 3.8) is 0 Å². The monoisotopic (exact) mass is 278 g/mol. The van der Waals surface area contributed by atoms with E-state index in [1.807, 2.05) is 13.8 Å². The van der Waals surface area contributed by atoms with Gasteiger partial charge in [-0.1, -0.05) is 6.92 Å². The van der Waals surface area contributed by atoms with Crippen LogP contribution >= 0.6 is 0 Å². The van der Waals surface area contributed by atoms with E-state index in [0.717, 1.165) is 0 Å². The predicted octanol–water partition coefficient (Wildman–Crippen LogP) is 0.758. The summed E-state index contributed by atoms with van der Waals surface area (Å²) < 4.78 is 27.5. The molecule has 1 heterocycles. The molecule has 1 fully saturated rings. The third-order valence-corrected chi connectivity index (χ3v) is 5.50. The quantitative estimate of drug-likeness (QED) is 0.805. The fraction of sp³-hybridized carbons (Fsp3) is 0.909. The van der Waals surface area contributed by atoms with Crippen LogP contribution in [-0.4, -0.2) is 53.8 Å². The van der Waals surface area contributed by atoms with Crippen LogP contribution < -0.4 is 0 Å². The average Bonchev–Trinajstić information content (AvgIpc) is 2.29. The van der Waals surface area contributed by atoms with Gasteiger partial charge in [0.25, 0.3) is 10.2 Å². The summed E-state index contributed by atoms with van der Waals surface area (Å²) in [5.41, 5.74) is 0. The summed E-state index contributed by atoms with van der Waals surface area (Å²) in [5.74, 6) is -1.50. The Bertz CT molecular complexity index is 394. The minimum atomic E-state index is -3.54. The molecule has 1 aliphatic heterocycles. The molecule has 0 aromatic heterocycles. The number of nitrogens with zero attached hydrogens (tertiary/aromatic N) is 2. The first kappa shape index (κ1) is 15.4.